The zero-order valence-corrected chi connectivity index (χ0v) is 15.7. The van der Waals surface area contributed by atoms with Gasteiger partial charge in [0.25, 0.3) is 0 Å². The third-order valence-electron chi connectivity index (χ3n) is 3.65. The number of para-hydroxylation sites is 1. The summed E-state index contributed by atoms with van der Waals surface area (Å²) in [6.07, 6.45) is -4.70. The van der Waals surface area contributed by atoms with Crippen LogP contribution < -0.4 is 9.62 Å². The van der Waals surface area contributed by atoms with E-state index in [0.29, 0.717) is 4.31 Å². The molecule has 0 spiro atoms. The molecule has 0 fully saturated rings. The Balaban J connectivity index is 2.33. The molecule has 0 aliphatic heterocycles. The Hall–Kier alpha value is -2.66. The van der Waals surface area contributed by atoms with E-state index >= 15 is 0 Å². The van der Waals surface area contributed by atoms with Crippen LogP contribution in [-0.2, 0) is 21.2 Å². The van der Waals surface area contributed by atoms with Crippen LogP contribution in [0.1, 0.15) is 5.56 Å². The summed E-state index contributed by atoms with van der Waals surface area (Å²) in [4.78, 5) is 12.3. The number of nitrogens with one attached hydrogen (secondary N) is 1. The summed E-state index contributed by atoms with van der Waals surface area (Å²) in [7, 11) is -1.72. The third kappa shape index (κ3) is 4.98. The second-order valence-corrected chi connectivity index (χ2v) is 7.93. The first-order valence-corrected chi connectivity index (χ1v) is 9.24. The molecule has 2 rings (SSSR count). The van der Waals surface area contributed by atoms with Crippen molar-refractivity contribution in [2.75, 3.05) is 30.3 Å². The minimum atomic E-state index is -4.70. The quantitative estimate of drug-likeness (QED) is 0.732. The van der Waals surface area contributed by atoms with E-state index in [9.17, 15) is 30.8 Å². The molecular formula is C17H17F4N3O3S. The fourth-order valence-corrected chi connectivity index (χ4v) is 3.33. The smallest absolute Gasteiger partial charge is 0.324 e. The molecule has 28 heavy (non-hydrogen) atoms. The van der Waals surface area contributed by atoms with Crippen LogP contribution in [-0.4, -0.2) is 39.3 Å². The van der Waals surface area contributed by atoms with Gasteiger partial charge < -0.3 is 5.32 Å². The molecule has 11 heteroatoms. The van der Waals surface area contributed by atoms with Crippen molar-refractivity contribution in [1.29, 1.82) is 0 Å². The van der Waals surface area contributed by atoms with Crippen LogP contribution in [0.2, 0.25) is 0 Å². The zero-order valence-electron chi connectivity index (χ0n) is 14.9. The lowest BCUT2D eigenvalue weighted by Gasteiger charge is -2.27. The van der Waals surface area contributed by atoms with Crippen molar-refractivity contribution in [2.45, 2.75) is 6.18 Å². The Labute approximate surface area is 159 Å². The molecule has 2 aromatic rings. The van der Waals surface area contributed by atoms with Gasteiger partial charge in [-0.05, 0) is 36.4 Å². The molecule has 0 unspecified atom stereocenters. The lowest BCUT2D eigenvalue weighted by Crippen LogP contribution is -2.44. The summed E-state index contributed by atoms with van der Waals surface area (Å²) >= 11 is 0. The van der Waals surface area contributed by atoms with Crippen LogP contribution in [0.5, 0.6) is 0 Å². The molecule has 2 aromatic carbocycles. The largest absolute Gasteiger partial charge is 0.418 e. The second-order valence-electron chi connectivity index (χ2n) is 5.86. The lowest BCUT2D eigenvalue weighted by atomic mass is 10.1. The van der Waals surface area contributed by atoms with Gasteiger partial charge in [0.2, 0.25) is 5.91 Å². The molecule has 0 aliphatic carbocycles. The molecular weight excluding hydrogens is 402 g/mol. The summed E-state index contributed by atoms with van der Waals surface area (Å²) < 4.78 is 78.9. The van der Waals surface area contributed by atoms with E-state index in [2.05, 4.69) is 5.32 Å². The standard InChI is InChI=1S/C17H17F4N3O3S/c1-23(2)28(26,27)24(13-9-7-12(18)8-10-13)11-16(25)22-15-6-4-3-5-14(15)17(19,20)21/h3-10H,11H2,1-2H3,(H,22,25). The van der Waals surface area contributed by atoms with Crippen molar-refractivity contribution >= 4 is 27.5 Å². The molecule has 1 amide bonds. The third-order valence-corrected chi connectivity index (χ3v) is 5.47. The van der Waals surface area contributed by atoms with Crippen LogP contribution in [0.25, 0.3) is 0 Å². The molecule has 152 valence electrons. The summed E-state index contributed by atoms with van der Waals surface area (Å²) in [5.41, 5.74) is -1.58. The normalized spacial score (nSPS) is 12.1. The molecule has 0 saturated heterocycles. The van der Waals surface area contributed by atoms with Gasteiger partial charge in [-0.2, -0.15) is 25.9 Å². The fraction of sp³-hybridized carbons (Fsp3) is 0.235. The average molecular weight is 419 g/mol. The molecule has 1 N–H and O–H groups in total. The van der Waals surface area contributed by atoms with Crippen molar-refractivity contribution in [2.24, 2.45) is 0 Å². The number of carbonyl (C=O) groups excluding carboxylic acids is 1. The number of hydrogen-bond donors (Lipinski definition) is 1. The van der Waals surface area contributed by atoms with Gasteiger partial charge >= 0.3 is 16.4 Å². The molecule has 0 bridgehead atoms. The minimum absolute atomic E-state index is 0.0191. The fourth-order valence-electron chi connectivity index (χ4n) is 2.27. The van der Waals surface area contributed by atoms with E-state index in [1.807, 2.05) is 0 Å². The van der Waals surface area contributed by atoms with Gasteiger partial charge in [-0.25, -0.2) is 8.70 Å². The summed E-state index contributed by atoms with van der Waals surface area (Å²) in [5, 5.41) is 2.08. The maximum absolute atomic E-state index is 13.1. The molecule has 6 nitrogen and oxygen atoms in total. The highest BCUT2D eigenvalue weighted by molar-refractivity contribution is 7.90. The number of alkyl halides is 3. The van der Waals surface area contributed by atoms with E-state index in [1.54, 1.807) is 0 Å². The topological polar surface area (TPSA) is 69.7 Å². The molecule has 0 saturated carbocycles. The molecule has 0 atom stereocenters. The van der Waals surface area contributed by atoms with E-state index < -0.39 is 45.9 Å². The Morgan fingerprint density at radius 2 is 1.61 bits per heavy atom. The van der Waals surface area contributed by atoms with E-state index in [4.69, 9.17) is 0 Å². The zero-order chi connectivity index (χ0) is 21.1. The number of halogens is 4. The Morgan fingerprint density at radius 3 is 2.14 bits per heavy atom. The number of anilines is 2. The first kappa shape index (κ1) is 21.6. The van der Waals surface area contributed by atoms with Crippen molar-refractivity contribution < 1.29 is 30.8 Å². The summed E-state index contributed by atoms with van der Waals surface area (Å²) in [5.74, 6) is -1.61. The maximum Gasteiger partial charge on any atom is 0.418 e. The van der Waals surface area contributed by atoms with Crippen molar-refractivity contribution in [3.05, 3.63) is 59.9 Å². The van der Waals surface area contributed by atoms with Crippen molar-refractivity contribution in [1.82, 2.24) is 4.31 Å². The predicted octanol–water partition coefficient (Wildman–Crippen LogP) is 3.10. The van der Waals surface area contributed by atoms with Gasteiger partial charge in [0.15, 0.2) is 0 Å². The molecule has 0 radical (unpaired) electrons. The summed E-state index contributed by atoms with van der Waals surface area (Å²) in [6, 6.07) is 8.63. The Kier molecular flexibility index (Phi) is 6.30. The number of carbonyl (C=O) groups is 1. The van der Waals surface area contributed by atoms with Crippen LogP contribution in [0.15, 0.2) is 48.5 Å². The van der Waals surface area contributed by atoms with E-state index in [1.165, 1.54) is 26.2 Å². The highest BCUT2D eigenvalue weighted by Gasteiger charge is 2.34. The molecule has 0 heterocycles. The molecule has 0 aromatic heterocycles. The number of hydrogen-bond acceptors (Lipinski definition) is 3. The number of amides is 1. The summed E-state index contributed by atoms with van der Waals surface area (Å²) in [6.45, 7) is -0.807. The van der Waals surface area contributed by atoms with Crippen LogP contribution in [0, 0.1) is 5.82 Å². The highest BCUT2D eigenvalue weighted by Crippen LogP contribution is 2.34. The second kappa shape index (κ2) is 8.15. The lowest BCUT2D eigenvalue weighted by molar-refractivity contribution is -0.137. The minimum Gasteiger partial charge on any atom is -0.324 e. The van der Waals surface area contributed by atoms with Crippen LogP contribution in [0.3, 0.4) is 0 Å². The van der Waals surface area contributed by atoms with Gasteiger partial charge in [-0.15, -0.1) is 0 Å². The first-order chi connectivity index (χ1) is 12.9. The predicted molar refractivity (Wildman–Crippen MR) is 96.4 cm³/mol. The highest BCUT2D eigenvalue weighted by atomic mass is 32.2. The average Bonchev–Trinajstić information content (AvgIpc) is 2.60. The van der Waals surface area contributed by atoms with E-state index in [-0.39, 0.29) is 5.69 Å². The van der Waals surface area contributed by atoms with E-state index in [0.717, 1.165) is 40.7 Å². The van der Waals surface area contributed by atoms with Crippen molar-refractivity contribution in [3.8, 4) is 0 Å². The number of rotatable bonds is 6. The molecule has 0 aliphatic rings. The number of benzene rings is 2. The van der Waals surface area contributed by atoms with Crippen molar-refractivity contribution in [3.63, 3.8) is 0 Å². The van der Waals surface area contributed by atoms with Gasteiger partial charge in [0.05, 0.1) is 16.9 Å². The van der Waals surface area contributed by atoms with Gasteiger partial charge in [-0.3, -0.25) is 4.79 Å². The maximum atomic E-state index is 13.1. The SMILES string of the molecule is CN(C)S(=O)(=O)N(CC(=O)Nc1ccccc1C(F)(F)F)c1ccc(F)cc1. The Bertz CT molecular complexity index is 945. The monoisotopic (exact) mass is 419 g/mol. The Morgan fingerprint density at radius 1 is 1.04 bits per heavy atom. The first-order valence-electron chi connectivity index (χ1n) is 7.85. The van der Waals surface area contributed by atoms with Gasteiger partial charge in [0, 0.05) is 14.1 Å². The number of nitrogens with zero attached hydrogens (tertiary/aromatic N) is 2. The van der Waals surface area contributed by atoms with Crippen LogP contribution >= 0.6 is 0 Å². The van der Waals surface area contributed by atoms with Gasteiger partial charge in [0.1, 0.15) is 12.4 Å². The van der Waals surface area contributed by atoms with Crippen LogP contribution in [0.4, 0.5) is 28.9 Å². The van der Waals surface area contributed by atoms with Gasteiger partial charge in [-0.1, -0.05) is 12.1 Å².